The lowest BCUT2D eigenvalue weighted by molar-refractivity contribution is -0.120. The number of thiophene rings is 1. The van der Waals surface area contributed by atoms with E-state index in [2.05, 4.69) is 20.4 Å². The van der Waals surface area contributed by atoms with E-state index in [9.17, 15) is 13.2 Å². The average molecular weight is 434 g/mol. The highest BCUT2D eigenvalue weighted by Gasteiger charge is 2.34. The Balaban J connectivity index is 1.48. The summed E-state index contributed by atoms with van der Waals surface area (Å²) in [5, 5.41) is 8.32. The monoisotopic (exact) mass is 433 g/mol. The second kappa shape index (κ2) is 8.01. The molecule has 3 aromatic rings. The van der Waals surface area contributed by atoms with Crippen LogP contribution in [-0.2, 0) is 14.8 Å². The molecule has 0 saturated carbocycles. The molecule has 1 N–H and O–H groups in total. The van der Waals surface area contributed by atoms with Gasteiger partial charge < -0.3 is 9.84 Å². The molecule has 0 unspecified atom stereocenters. The molecule has 0 bridgehead atoms. The molecular formula is C18H19N5O4S2. The van der Waals surface area contributed by atoms with E-state index >= 15 is 0 Å². The number of nitrogens with zero attached hydrogens (tertiary/aromatic N) is 4. The Morgan fingerprint density at radius 2 is 2.28 bits per heavy atom. The molecule has 11 heteroatoms. The van der Waals surface area contributed by atoms with Gasteiger partial charge in [-0.1, -0.05) is 5.16 Å². The minimum absolute atomic E-state index is 0.142. The third kappa shape index (κ3) is 4.21. The van der Waals surface area contributed by atoms with Crippen LogP contribution < -0.4 is 5.32 Å². The summed E-state index contributed by atoms with van der Waals surface area (Å²) in [5.41, 5.74) is 1.18. The van der Waals surface area contributed by atoms with Crippen LogP contribution in [0.2, 0.25) is 0 Å². The van der Waals surface area contributed by atoms with Crippen LogP contribution in [-0.4, -0.2) is 46.8 Å². The highest BCUT2D eigenvalue weighted by atomic mass is 32.2. The predicted octanol–water partition coefficient (Wildman–Crippen LogP) is 2.54. The zero-order valence-electron chi connectivity index (χ0n) is 15.6. The number of sulfonamides is 1. The normalized spacial score (nSPS) is 17.9. The van der Waals surface area contributed by atoms with Crippen molar-refractivity contribution >= 4 is 33.0 Å². The van der Waals surface area contributed by atoms with Gasteiger partial charge in [-0.3, -0.25) is 9.78 Å². The van der Waals surface area contributed by atoms with E-state index < -0.39 is 15.9 Å². The number of amides is 1. The standard InChI is InChI=1S/C18H19N5O4S2/c1-12-20-17(22-27-12)14-8-16(28-11-14)29(25,26)23-7-3-4-13(10-23)18(24)21-15-5-2-6-19-9-15/h2,5-6,8-9,11,13H,3-4,7,10H2,1H3,(H,21,24)/t13-/m1/s1. The molecule has 0 aliphatic carbocycles. The molecule has 1 amide bonds. The zero-order chi connectivity index (χ0) is 20.4. The van der Waals surface area contributed by atoms with Crippen molar-refractivity contribution in [1.82, 2.24) is 19.4 Å². The molecule has 9 nitrogen and oxygen atoms in total. The molecular weight excluding hydrogens is 414 g/mol. The van der Waals surface area contributed by atoms with Gasteiger partial charge in [0.15, 0.2) is 0 Å². The van der Waals surface area contributed by atoms with Crippen molar-refractivity contribution in [2.24, 2.45) is 5.92 Å². The van der Waals surface area contributed by atoms with Crippen molar-refractivity contribution in [3.05, 3.63) is 41.9 Å². The van der Waals surface area contributed by atoms with E-state index in [-0.39, 0.29) is 16.7 Å². The number of rotatable bonds is 5. The van der Waals surface area contributed by atoms with Crippen LogP contribution in [0.5, 0.6) is 0 Å². The molecule has 1 atom stereocenters. The first kappa shape index (κ1) is 19.7. The Bertz CT molecular complexity index is 1110. The van der Waals surface area contributed by atoms with Gasteiger partial charge in [-0.05, 0) is 31.0 Å². The average Bonchev–Trinajstić information content (AvgIpc) is 3.38. The predicted molar refractivity (Wildman–Crippen MR) is 107 cm³/mol. The summed E-state index contributed by atoms with van der Waals surface area (Å²) < 4.78 is 32.7. The van der Waals surface area contributed by atoms with E-state index in [1.807, 2.05) is 0 Å². The number of carbonyl (C=O) groups excluding carboxylic acids is 1. The van der Waals surface area contributed by atoms with Gasteiger partial charge in [-0.2, -0.15) is 9.29 Å². The van der Waals surface area contributed by atoms with Crippen LogP contribution in [0.4, 0.5) is 5.69 Å². The quantitative estimate of drug-likeness (QED) is 0.657. The number of aromatic nitrogens is 3. The van der Waals surface area contributed by atoms with Crippen molar-refractivity contribution < 1.29 is 17.7 Å². The van der Waals surface area contributed by atoms with Gasteiger partial charge in [-0.15, -0.1) is 11.3 Å². The summed E-state index contributed by atoms with van der Waals surface area (Å²) in [6.45, 7) is 2.20. The number of pyridine rings is 1. The van der Waals surface area contributed by atoms with Gasteiger partial charge in [0.2, 0.25) is 17.6 Å². The van der Waals surface area contributed by atoms with E-state index in [1.54, 1.807) is 42.9 Å². The van der Waals surface area contributed by atoms with Crippen molar-refractivity contribution in [1.29, 1.82) is 0 Å². The van der Waals surface area contributed by atoms with Crippen LogP contribution in [0.25, 0.3) is 11.4 Å². The van der Waals surface area contributed by atoms with Gasteiger partial charge >= 0.3 is 0 Å². The third-order valence-corrected chi connectivity index (χ3v) is 7.92. The minimum Gasteiger partial charge on any atom is -0.339 e. The number of piperidine rings is 1. The fourth-order valence-electron chi connectivity index (χ4n) is 3.17. The van der Waals surface area contributed by atoms with Crippen LogP contribution in [0.1, 0.15) is 18.7 Å². The Kier molecular flexibility index (Phi) is 5.43. The minimum atomic E-state index is -3.71. The van der Waals surface area contributed by atoms with Crippen LogP contribution in [0.3, 0.4) is 0 Å². The number of nitrogens with one attached hydrogen (secondary N) is 1. The summed E-state index contributed by atoms with van der Waals surface area (Å²) in [7, 11) is -3.71. The molecule has 4 rings (SSSR count). The van der Waals surface area contributed by atoms with Gasteiger partial charge in [-0.25, -0.2) is 8.42 Å². The highest BCUT2D eigenvalue weighted by molar-refractivity contribution is 7.91. The third-order valence-electron chi connectivity index (χ3n) is 4.64. The maximum Gasteiger partial charge on any atom is 0.252 e. The number of hydrogen-bond acceptors (Lipinski definition) is 8. The first-order valence-corrected chi connectivity index (χ1v) is 11.4. The molecule has 1 saturated heterocycles. The molecule has 1 aliphatic heterocycles. The Morgan fingerprint density at radius 3 is 3.00 bits per heavy atom. The molecule has 4 heterocycles. The van der Waals surface area contributed by atoms with E-state index in [0.717, 1.165) is 11.3 Å². The van der Waals surface area contributed by atoms with E-state index in [0.29, 0.717) is 42.4 Å². The molecule has 0 spiro atoms. The summed E-state index contributed by atoms with van der Waals surface area (Å²) in [6.07, 6.45) is 4.43. The van der Waals surface area contributed by atoms with Crippen molar-refractivity contribution in [2.45, 2.75) is 24.0 Å². The molecule has 1 aliphatic rings. The molecule has 1 fully saturated rings. The van der Waals surface area contributed by atoms with Crippen LogP contribution in [0, 0.1) is 12.8 Å². The summed E-state index contributed by atoms with van der Waals surface area (Å²) in [5.74, 6) is 0.145. The molecule has 0 radical (unpaired) electrons. The highest BCUT2D eigenvalue weighted by Crippen LogP contribution is 2.31. The lowest BCUT2D eigenvalue weighted by atomic mass is 9.99. The second-order valence-corrected chi connectivity index (χ2v) is 9.80. The van der Waals surface area contributed by atoms with Crippen LogP contribution >= 0.6 is 11.3 Å². The number of hydrogen-bond donors (Lipinski definition) is 1. The maximum absolute atomic E-state index is 13.1. The summed E-state index contributed by atoms with van der Waals surface area (Å²) in [6, 6.07) is 5.02. The van der Waals surface area contributed by atoms with Crippen molar-refractivity contribution in [2.75, 3.05) is 18.4 Å². The van der Waals surface area contributed by atoms with E-state index in [4.69, 9.17) is 4.52 Å². The smallest absolute Gasteiger partial charge is 0.252 e. The SMILES string of the molecule is Cc1nc(-c2csc(S(=O)(=O)N3CCC[C@@H](C(=O)Nc4cccnc4)C3)c2)no1. The molecule has 152 valence electrons. The van der Waals surface area contributed by atoms with Crippen LogP contribution in [0.15, 0.2) is 44.7 Å². The summed E-state index contributed by atoms with van der Waals surface area (Å²) >= 11 is 1.11. The summed E-state index contributed by atoms with van der Waals surface area (Å²) in [4.78, 5) is 20.7. The van der Waals surface area contributed by atoms with Gasteiger partial charge in [0, 0.05) is 37.2 Å². The van der Waals surface area contributed by atoms with Gasteiger partial charge in [0.1, 0.15) is 4.21 Å². The van der Waals surface area contributed by atoms with E-state index in [1.165, 1.54) is 4.31 Å². The van der Waals surface area contributed by atoms with Gasteiger partial charge in [0.05, 0.1) is 17.8 Å². The molecule has 3 aromatic heterocycles. The maximum atomic E-state index is 13.1. The molecule has 0 aromatic carbocycles. The van der Waals surface area contributed by atoms with Crippen molar-refractivity contribution in [3.8, 4) is 11.4 Å². The van der Waals surface area contributed by atoms with Gasteiger partial charge in [0.25, 0.3) is 10.0 Å². The first-order chi connectivity index (χ1) is 13.9. The topological polar surface area (TPSA) is 118 Å². The second-order valence-electron chi connectivity index (χ2n) is 6.72. The Labute approximate surface area is 171 Å². The van der Waals surface area contributed by atoms with Crippen molar-refractivity contribution in [3.63, 3.8) is 0 Å². The first-order valence-electron chi connectivity index (χ1n) is 9.04. The number of aryl methyl sites for hydroxylation is 1. The number of carbonyl (C=O) groups is 1. The number of anilines is 1. The zero-order valence-corrected chi connectivity index (χ0v) is 17.2. The Hall–Kier alpha value is -2.63. The Morgan fingerprint density at radius 1 is 1.41 bits per heavy atom. The largest absolute Gasteiger partial charge is 0.339 e. The molecule has 29 heavy (non-hydrogen) atoms. The lowest BCUT2D eigenvalue weighted by Crippen LogP contribution is -2.43. The lowest BCUT2D eigenvalue weighted by Gasteiger charge is -2.30. The fraction of sp³-hybridized carbons (Fsp3) is 0.333. The fourth-order valence-corrected chi connectivity index (χ4v) is 6.00.